The Hall–Kier alpha value is -4.32. The number of nitrogens with zero attached hydrogens (tertiary/aromatic N) is 1. The number of hydrogen-bond acceptors (Lipinski definition) is 3. The smallest absolute Gasteiger partial charge is 0.229 e. The number of fused-ring (bicyclic) bond motifs is 3. The van der Waals surface area contributed by atoms with Crippen LogP contribution >= 0.6 is 0 Å². The van der Waals surface area contributed by atoms with Gasteiger partial charge in [0.25, 0.3) is 0 Å². The van der Waals surface area contributed by atoms with Crippen LogP contribution < -0.4 is 10.7 Å². The largest absolute Gasteiger partial charge is 0.353 e. The fourth-order valence-corrected chi connectivity index (χ4v) is 3.91. The molecule has 33 heavy (non-hydrogen) atoms. The van der Waals surface area contributed by atoms with Crippen LogP contribution in [0.4, 0.5) is 10.2 Å². The molecule has 2 N–H and O–H groups in total. The zero-order valence-electron chi connectivity index (χ0n) is 17.6. The summed E-state index contributed by atoms with van der Waals surface area (Å²) in [5.41, 5.74) is 3.95. The summed E-state index contributed by atoms with van der Waals surface area (Å²) in [5, 5.41) is 4.63. The van der Waals surface area contributed by atoms with Gasteiger partial charge in [0, 0.05) is 11.8 Å². The predicted molar refractivity (Wildman–Crippen MR) is 128 cm³/mol. The van der Waals surface area contributed by atoms with Gasteiger partial charge in [-0.15, -0.1) is 0 Å². The number of anilines is 1. The first kappa shape index (κ1) is 20.6. The lowest BCUT2D eigenvalue weighted by Gasteiger charge is -2.14. The molecule has 1 aromatic heterocycles. The Morgan fingerprint density at radius 3 is 2.48 bits per heavy atom. The first-order valence-corrected chi connectivity index (χ1v) is 10.6. The highest BCUT2D eigenvalue weighted by Crippen LogP contribution is 2.26. The van der Waals surface area contributed by atoms with Crippen molar-refractivity contribution in [3.63, 3.8) is 0 Å². The maximum atomic E-state index is 13.2. The number of aromatic nitrogens is 2. The summed E-state index contributed by atoms with van der Waals surface area (Å²) >= 11 is 0. The third-order valence-electron chi connectivity index (χ3n) is 5.52. The third kappa shape index (κ3) is 4.50. The highest BCUT2D eigenvalue weighted by Gasteiger charge is 2.14. The number of carbonyl (C=O) groups is 1. The summed E-state index contributed by atoms with van der Waals surface area (Å²) in [6.07, 6.45) is 0.640. The van der Waals surface area contributed by atoms with E-state index in [1.807, 2.05) is 42.5 Å². The molecule has 4 aromatic carbocycles. The lowest BCUT2D eigenvalue weighted by molar-refractivity contribution is -0.115. The van der Waals surface area contributed by atoms with Gasteiger partial charge in [-0.2, -0.15) is 0 Å². The highest BCUT2D eigenvalue weighted by molar-refractivity contribution is 6.04. The molecule has 0 radical (unpaired) electrons. The number of amides is 1. The van der Waals surface area contributed by atoms with E-state index < -0.39 is 0 Å². The van der Waals surface area contributed by atoms with Crippen LogP contribution in [0.3, 0.4) is 0 Å². The van der Waals surface area contributed by atoms with Gasteiger partial charge in [0.2, 0.25) is 5.91 Å². The minimum atomic E-state index is -0.341. The molecule has 0 spiro atoms. The minimum absolute atomic E-state index is 0.0519. The molecule has 0 saturated carbocycles. The van der Waals surface area contributed by atoms with Crippen LogP contribution in [0.25, 0.3) is 21.8 Å². The van der Waals surface area contributed by atoms with Gasteiger partial charge in [-0.3, -0.25) is 9.59 Å². The second kappa shape index (κ2) is 8.67. The lowest BCUT2D eigenvalue weighted by Crippen LogP contribution is -2.17. The van der Waals surface area contributed by atoms with Crippen molar-refractivity contribution in [1.29, 1.82) is 0 Å². The van der Waals surface area contributed by atoms with Crippen molar-refractivity contribution in [2.24, 2.45) is 0 Å². The fraction of sp³-hybridized carbons (Fsp3) is 0.0741. The Balaban J connectivity index is 1.56. The van der Waals surface area contributed by atoms with Gasteiger partial charge in [0.1, 0.15) is 5.82 Å². The molecule has 0 bridgehead atoms. The summed E-state index contributed by atoms with van der Waals surface area (Å²) in [6, 6.07) is 24.3. The molecule has 0 saturated heterocycles. The Morgan fingerprint density at radius 1 is 0.909 bits per heavy atom. The van der Waals surface area contributed by atoms with Gasteiger partial charge >= 0.3 is 0 Å². The van der Waals surface area contributed by atoms with E-state index in [4.69, 9.17) is 4.98 Å². The molecule has 0 atom stereocenters. The number of aromatic amines is 1. The van der Waals surface area contributed by atoms with Crippen LogP contribution in [-0.2, 0) is 17.6 Å². The molecule has 0 aliphatic rings. The summed E-state index contributed by atoms with van der Waals surface area (Å²) in [7, 11) is 0. The van der Waals surface area contributed by atoms with Crippen molar-refractivity contribution in [2.45, 2.75) is 12.8 Å². The molecular formula is C27H20FN3O2. The first-order chi connectivity index (χ1) is 16.0. The van der Waals surface area contributed by atoms with Crippen LogP contribution in [0.1, 0.15) is 16.8 Å². The molecule has 1 heterocycles. The quantitative estimate of drug-likeness (QED) is 0.381. The average molecular weight is 437 g/mol. The lowest BCUT2D eigenvalue weighted by atomic mass is 10.1. The van der Waals surface area contributed by atoms with Crippen LogP contribution in [0, 0.1) is 5.82 Å². The van der Waals surface area contributed by atoms with Crippen LogP contribution in [0.5, 0.6) is 0 Å². The van der Waals surface area contributed by atoms with E-state index in [2.05, 4.69) is 10.3 Å². The van der Waals surface area contributed by atoms with Crippen LogP contribution in [0.15, 0.2) is 89.7 Å². The number of rotatable bonds is 5. The van der Waals surface area contributed by atoms with Gasteiger partial charge in [0.15, 0.2) is 11.2 Å². The van der Waals surface area contributed by atoms with Crippen molar-refractivity contribution in [3.05, 3.63) is 118 Å². The second-order valence-corrected chi connectivity index (χ2v) is 7.92. The van der Waals surface area contributed by atoms with Gasteiger partial charge in [-0.05, 0) is 52.9 Å². The monoisotopic (exact) mass is 437 g/mol. The Morgan fingerprint density at radius 2 is 1.70 bits per heavy atom. The normalized spacial score (nSPS) is 11.1. The Kier molecular flexibility index (Phi) is 5.40. The van der Waals surface area contributed by atoms with Gasteiger partial charge in [0.05, 0.1) is 23.1 Å². The number of benzene rings is 4. The fourth-order valence-electron chi connectivity index (χ4n) is 3.91. The maximum absolute atomic E-state index is 13.2. The number of hydrogen-bond donors (Lipinski definition) is 2. The minimum Gasteiger partial charge on any atom is -0.353 e. The summed E-state index contributed by atoms with van der Waals surface area (Å²) in [6.45, 7) is 0. The molecular weight excluding hydrogens is 417 g/mol. The highest BCUT2D eigenvalue weighted by atomic mass is 19.1. The van der Waals surface area contributed by atoms with Gasteiger partial charge < -0.3 is 10.3 Å². The zero-order valence-corrected chi connectivity index (χ0v) is 17.6. The van der Waals surface area contributed by atoms with Crippen molar-refractivity contribution in [3.8, 4) is 0 Å². The molecule has 5 aromatic rings. The van der Waals surface area contributed by atoms with Crippen LogP contribution in [-0.4, -0.2) is 15.9 Å². The average Bonchev–Trinajstić information content (AvgIpc) is 2.81. The molecule has 0 aliphatic heterocycles. The molecule has 5 nitrogen and oxygen atoms in total. The predicted octanol–water partition coefficient (Wildman–Crippen LogP) is 4.99. The number of carbonyl (C=O) groups excluding carboxylic acids is 1. The van der Waals surface area contributed by atoms with Gasteiger partial charge in [-0.25, -0.2) is 9.37 Å². The van der Waals surface area contributed by atoms with E-state index >= 15 is 0 Å². The standard InChI is InChI=1S/C27H20FN3O2/c28-20-9-6-18(7-10-20)15-25(33)31-27-24(14-17-4-2-1-3-5-17)29-26-22-12-11-21(32)16-19(22)8-13-23(26)30-27/h1-13,16,29H,14-15H2,(H,31,33). The molecule has 0 aliphatic carbocycles. The van der Waals surface area contributed by atoms with E-state index in [0.717, 1.165) is 27.5 Å². The molecule has 5 rings (SSSR count). The van der Waals surface area contributed by atoms with E-state index in [1.165, 1.54) is 18.2 Å². The topological polar surface area (TPSA) is 74.8 Å². The van der Waals surface area contributed by atoms with Crippen molar-refractivity contribution < 1.29 is 9.18 Å². The molecule has 1 amide bonds. The van der Waals surface area contributed by atoms with Crippen molar-refractivity contribution in [2.75, 3.05) is 5.32 Å². The SMILES string of the molecule is O=C(Cc1ccc(F)cc1)Nc1nc2ccc3cc(=O)ccc3c2[nH]c1Cc1ccccc1. The van der Waals surface area contributed by atoms with E-state index in [0.29, 0.717) is 23.3 Å². The maximum Gasteiger partial charge on any atom is 0.229 e. The Bertz CT molecular complexity index is 1530. The molecule has 6 heteroatoms. The number of H-pyrrole nitrogens is 1. The molecule has 0 unspecified atom stereocenters. The zero-order chi connectivity index (χ0) is 22.8. The summed E-state index contributed by atoms with van der Waals surface area (Å²) in [4.78, 5) is 32.7. The molecule has 0 fully saturated rings. The van der Waals surface area contributed by atoms with Crippen LogP contribution in [0.2, 0.25) is 0 Å². The summed E-state index contributed by atoms with van der Waals surface area (Å²) < 4.78 is 13.2. The van der Waals surface area contributed by atoms with Crippen molar-refractivity contribution >= 4 is 33.5 Å². The summed E-state index contributed by atoms with van der Waals surface area (Å²) in [5.74, 6) is -0.141. The number of halogens is 1. The van der Waals surface area contributed by atoms with E-state index in [1.54, 1.807) is 24.3 Å². The van der Waals surface area contributed by atoms with Gasteiger partial charge in [-0.1, -0.05) is 48.5 Å². The van der Waals surface area contributed by atoms with E-state index in [-0.39, 0.29) is 23.6 Å². The van der Waals surface area contributed by atoms with E-state index in [9.17, 15) is 14.0 Å². The molecule has 162 valence electrons. The second-order valence-electron chi connectivity index (χ2n) is 7.92. The number of nitrogens with one attached hydrogen (secondary N) is 2. The third-order valence-corrected chi connectivity index (χ3v) is 5.52. The first-order valence-electron chi connectivity index (χ1n) is 10.6. The van der Waals surface area contributed by atoms with Crippen molar-refractivity contribution in [1.82, 2.24) is 9.97 Å². The Labute approximate surface area is 188 Å².